The fourth-order valence-corrected chi connectivity index (χ4v) is 2.86. The van der Waals surface area contributed by atoms with Gasteiger partial charge in [0.2, 0.25) is 0 Å². The highest BCUT2D eigenvalue weighted by Crippen LogP contribution is 2.31. The van der Waals surface area contributed by atoms with Crippen LogP contribution in [0.2, 0.25) is 0 Å². The van der Waals surface area contributed by atoms with E-state index in [0.717, 1.165) is 27.6 Å². The van der Waals surface area contributed by atoms with Crippen LogP contribution in [0.4, 0.5) is 5.69 Å². The molecular weight excluding hydrogens is 316 g/mol. The molecule has 0 fully saturated rings. The number of aromatic nitrogens is 1. The van der Waals surface area contributed by atoms with E-state index in [2.05, 4.69) is 9.98 Å². The first-order valence-corrected chi connectivity index (χ1v) is 7.91. The van der Waals surface area contributed by atoms with Crippen LogP contribution in [-0.2, 0) is 6.61 Å². The van der Waals surface area contributed by atoms with Crippen LogP contribution in [0.25, 0.3) is 21.9 Å². The number of aryl methyl sites for hydroxylation is 1. The van der Waals surface area contributed by atoms with Gasteiger partial charge in [-0.1, -0.05) is 18.2 Å². The smallest absolute Gasteiger partial charge is 0.145 e. The van der Waals surface area contributed by atoms with Crippen molar-refractivity contribution in [3.05, 3.63) is 65.5 Å². The molecule has 0 spiro atoms. The number of nitrogens with zero attached hydrogens (tertiary/aromatic N) is 2. The molecule has 0 saturated heterocycles. The molecule has 2 heterocycles. The number of benzene rings is 2. The highest BCUT2D eigenvalue weighted by Gasteiger charge is 2.10. The predicted octanol–water partition coefficient (Wildman–Crippen LogP) is 4.24. The highest BCUT2D eigenvalue weighted by molar-refractivity contribution is 6.06. The molecule has 0 aliphatic rings. The molecule has 0 bridgehead atoms. The van der Waals surface area contributed by atoms with E-state index in [1.165, 1.54) is 0 Å². The lowest BCUT2D eigenvalue weighted by molar-refractivity contribution is 0.280. The first kappa shape index (κ1) is 15.4. The van der Waals surface area contributed by atoms with Crippen molar-refractivity contribution in [1.29, 1.82) is 0 Å². The average molecular weight is 332 g/mol. The number of pyridine rings is 1. The van der Waals surface area contributed by atoms with Crippen molar-refractivity contribution in [2.75, 3.05) is 0 Å². The summed E-state index contributed by atoms with van der Waals surface area (Å²) in [5, 5.41) is 21.6. The summed E-state index contributed by atoms with van der Waals surface area (Å²) in [7, 11) is 0. The van der Waals surface area contributed by atoms with Gasteiger partial charge >= 0.3 is 0 Å². The van der Waals surface area contributed by atoms with Crippen LogP contribution in [0.3, 0.4) is 0 Å². The van der Waals surface area contributed by atoms with Crippen LogP contribution in [0.5, 0.6) is 5.75 Å². The van der Waals surface area contributed by atoms with Gasteiger partial charge in [-0.3, -0.25) is 9.98 Å². The van der Waals surface area contributed by atoms with Gasteiger partial charge in [-0.25, -0.2) is 0 Å². The summed E-state index contributed by atoms with van der Waals surface area (Å²) in [4.78, 5) is 8.51. The fourth-order valence-electron chi connectivity index (χ4n) is 2.86. The van der Waals surface area contributed by atoms with Crippen molar-refractivity contribution in [2.24, 2.45) is 4.99 Å². The maximum atomic E-state index is 10.2. The van der Waals surface area contributed by atoms with Crippen LogP contribution < -0.4 is 0 Å². The topological polar surface area (TPSA) is 78.9 Å². The second kappa shape index (κ2) is 6.03. The van der Waals surface area contributed by atoms with Crippen molar-refractivity contribution in [3.8, 4) is 5.75 Å². The number of aromatic hydroxyl groups is 1. The van der Waals surface area contributed by atoms with Crippen molar-refractivity contribution >= 4 is 33.8 Å². The third-order valence-electron chi connectivity index (χ3n) is 4.23. The first-order valence-electron chi connectivity index (χ1n) is 7.91. The van der Waals surface area contributed by atoms with Crippen molar-refractivity contribution < 1.29 is 14.6 Å². The monoisotopic (exact) mass is 332 g/mol. The number of rotatable bonds is 3. The van der Waals surface area contributed by atoms with Crippen LogP contribution in [0.1, 0.15) is 16.8 Å². The molecule has 0 aliphatic heterocycles. The van der Waals surface area contributed by atoms with Gasteiger partial charge in [0, 0.05) is 34.3 Å². The Labute approximate surface area is 143 Å². The number of aliphatic imine (C=N–C) groups is 1. The number of fused-ring (bicyclic) bond motifs is 3. The molecule has 0 amide bonds. The number of aliphatic hydroxyl groups is 1. The minimum absolute atomic E-state index is 0.0325. The van der Waals surface area contributed by atoms with Crippen molar-refractivity contribution in [1.82, 2.24) is 4.98 Å². The summed E-state index contributed by atoms with van der Waals surface area (Å²) in [6.07, 6.45) is 3.10. The third-order valence-corrected chi connectivity index (χ3v) is 4.23. The Morgan fingerprint density at radius 1 is 1.12 bits per heavy atom. The Morgan fingerprint density at radius 3 is 2.76 bits per heavy atom. The standard InChI is InChI=1S/C20H16N2O3/c1-12-20(24)17(13(11-23)9-21-12)10-22-14-6-7-19-16(8-14)15-4-2-3-5-18(15)25-19/h2-10,23-24H,11H2,1H3. The zero-order chi connectivity index (χ0) is 17.4. The Balaban J connectivity index is 1.80. The molecule has 4 aromatic rings. The van der Waals surface area contributed by atoms with E-state index in [1.54, 1.807) is 19.3 Å². The molecule has 5 heteroatoms. The summed E-state index contributed by atoms with van der Waals surface area (Å²) >= 11 is 0. The zero-order valence-corrected chi connectivity index (χ0v) is 13.6. The summed E-state index contributed by atoms with van der Waals surface area (Å²) in [6.45, 7) is 1.49. The summed E-state index contributed by atoms with van der Waals surface area (Å²) in [5.74, 6) is 0.0325. The summed E-state index contributed by atoms with van der Waals surface area (Å²) in [6, 6.07) is 13.5. The molecule has 4 rings (SSSR count). The third kappa shape index (κ3) is 2.64. The van der Waals surface area contributed by atoms with Gasteiger partial charge in [0.1, 0.15) is 16.9 Å². The maximum absolute atomic E-state index is 10.2. The molecule has 2 N–H and O–H groups in total. The van der Waals surface area contributed by atoms with Crippen LogP contribution >= 0.6 is 0 Å². The number of aliphatic hydroxyl groups excluding tert-OH is 1. The lowest BCUT2D eigenvalue weighted by atomic mass is 10.1. The lowest BCUT2D eigenvalue weighted by Crippen LogP contribution is -1.97. The molecule has 5 nitrogen and oxygen atoms in total. The highest BCUT2D eigenvalue weighted by atomic mass is 16.3. The van der Waals surface area contributed by atoms with Gasteiger partial charge in [-0.05, 0) is 31.2 Å². The van der Waals surface area contributed by atoms with Gasteiger partial charge in [0.25, 0.3) is 0 Å². The van der Waals surface area contributed by atoms with Gasteiger partial charge in [0.05, 0.1) is 18.0 Å². The minimum Gasteiger partial charge on any atom is -0.505 e. The number of hydrogen-bond acceptors (Lipinski definition) is 5. The normalized spacial score (nSPS) is 11.8. The molecule has 0 saturated carbocycles. The molecule has 124 valence electrons. The van der Waals surface area contributed by atoms with E-state index in [4.69, 9.17) is 4.42 Å². The number of para-hydroxylation sites is 1. The molecule has 0 unspecified atom stereocenters. The van der Waals surface area contributed by atoms with Crippen LogP contribution in [-0.4, -0.2) is 21.4 Å². The SMILES string of the molecule is Cc1ncc(CO)c(C=Nc2ccc3oc4ccccc4c3c2)c1O. The quantitative estimate of drug-likeness (QED) is 0.550. The van der Waals surface area contributed by atoms with E-state index in [0.29, 0.717) is 16.8 Å². The van der Waals surface area contributed by atoms with Gasteiger partial charge in [0.15, 0.2) is 0 Å². The molecular formula is C20H16N2O3. The van der Waals surface area contributed by atoms with Gasteiger partial charge in [-0.2, -0.15) is 0 Å². The van der Waals surface area contributed by atoms with Crippen molar-refractivity contribution in [3.63, 3.8) is 0 Å². The molecule has 0 aliphatic carbocycles. The molecule has 0 atom stereocenters. The number of hydrogen-bond donors (Lipinski definition) is 2. The predicted molar refractivity (Wildman–Crippen MR) is 97.5 cm³/mol. The van der Waals surface area contributed by atoms with E-state index < -0.39 is 0 Å². The molecule has 25 heavy (non-hydrogen) atoms. The Kier molecular flexibility index (Phi) is 3.71. The Bertz CT molecular complexity index is 1110. The minimum atomic E-state index is -0.215. The summed E-state index contributed by atoms with van der Waals surface area (Å²) < 4.78 is 5.81. The van der Waals surface area contributed by atoms with E-state index >= 15 is 0 Å². The van der Waals surface area contributed by atoms with E-state index in [9.17, 15) is 10.2 Å². The zero-order valence-electron chi connectivity index (χ0n) is 13.6. The Morgan fingerprint density at radius 2 is 1.92 bits per heavy atom. The first-order chi connectivity index (χ1) is 12.2. The van der Waals surface area contributed by atoms with E-state index in [1.807, 2.05) is 42.5 Å². The molecule has 2 aromatic carbocycles. The molecule has 2 aromatic heterocycles. The largest absolute Gasteiger partial charge is 0.505 e. The fraction of sp³-hybridized carbons (Fsp3) is 0.100. The lowest BCUT2D eigenvalue weighted by Gasteiger charge is -2.06. The molecule has 0 radical (unpaired) electrons. The Hall–Kier alpha value is -3.18. The van der Waals surface area contributed by atoms with Crippen molar-refractivity contribution in [2.45, 2.75) is 13.5 Å². The second-order valence-electron chi connectivity index (χ2n) is 5.83. The average Bonchev–Trinajstić information content (AvgIpc) is 3.01. The second-order valence-corrected chi connectivity index (χ2v) is 5.83. The summed E-state index contributed by atoms with van der Waals surface area (Å²) in [5.41, 5.74) is 3.88. The van der Waals surface area contributed by atoms with E-state index in [-0.39, 0.29) is 12.4 Å². The van der Waals surface area contributed by atoms with Gasteiger partial charge < -0.3 is 14.6 Å². The van der Waals surface area contributed by atoms with Crippen LogP contribution in [0.15, 0.2) is 58.1 Å². The van der Waals surface area contributed by atoms with Crippen LogP contribution in [0, 0.1) is 6.92 Å². The number of furan rings is 1. The maximum Gasteiger partial charge on any atom is 0.145 e. The van der Waals surface area contributed by atoms with Gasteiger partial charge in [-0.15, -0.1) is 0 Å².